The molecule has 1 saturated heterocycles. The van der Waals surface area contributed by atoms with Gasteiger partial charge in [-0.2, -0.15) is 0 Å². The Bertz CT molecular complexity index is 710. The number of hydrogen-bond donors (Lipinski definition) is 2. The molecule has 3 rings (SSSR count). The molecule has 7 heteroatoms. The molecule has 0 aromatic heterocycles. The van der Waals surface area contributed by atoms with E-state index in [0.29, 0.717) is 25.0 Å². The quantitative estimate of drug-likeness (QED) is 0.799. The summed E-state index contributed by atoms with van der Waals surface area (Å²) in [5.41, 5.74) is 2.01. The minimum absolute atomic E-state index is 0.587. The maximum atomic E-state index is 6.07. The summed E-state index contributed by atoms with van der Waals surface area (Å²) in [5, 5.41) is 8.70. The lowest BCUT2D eigenvalue weighted by molar-refractivity contribution is 0.398. The van der Waals surface area contributed by atoms with Crippen LogP contribution in [-0.4, -0.2) is 30.0 Å². The third kappa shape index (κ3) is 4.19. The highest BCUT2D eigenvalue weighted by Gasteiger charge is 2.20. The zero-order valence-electron chi connectivity index (χ0n) is 12.3. The third-order valence-corrected chi connectivity index (χ3v) is 4.39. The predicted molar refractivity (Wildman–Crippen MR) is 101 cm³/mol. The van der Waals surface area contributed by atoms with Crippen LogP contribution >= 0.6 is 35.4 Å². The molecule has 2 N–H and O–H groups in total. The van der Waals surface area contributed by atoms with E-state index in [1.54, 1.807) is 0 Å². The summed E-state index contributed by atoms with van der Waals surface area (Å²) in [6.45, 7) is 1.93. The Kier molecular flexibility index (Phi) is 5.10. The largest absolute Gasteiger partial charge is 0.368 e. The van der Waals surface area contributed by atoms with Gasteiger partial charge in [0.15, 0.2) is 5.11 Å². The number of rotatable bonds is 4. The lowest BCUT2D eigenvalue weighted by atomic mass is 10.3. The number of hydrogen-bond acceptors (Lipinski definition) is 3. The molecule has 0 radical (unpaired) electrons. The number of benzene rings is 2. The van der Waals surface area contributed by atoms with Crippen LogP contribution in [0.4, 0.5) is 11.4 Å². The van der Waals surface area contributed by atoms with E-state index in [9.17, 15) is 0 Å². The fraction of sp³-hybridized carbons (Fsp3) is 0.188. The van der Waals surface area contributed by atoms with Gasteiger partial charge in [-0.15, -0.1) is 0 Å². The second kappa shape index (κ2) is 7.25. The summed E-state index contributed by atoms with van der Waals surface area (Å²) in [6.07, 6.45) is 0. The average molecular weight is 367 g/mol. The van der Waals surface area contributed by atoms with Crippen LogP contribution in [0, 0.1) is 0 Å². The van der Waals surface area contributed by atoms with Crippen LogP contribution in [0.3, 0.4) is 0 Å². The first-order valence-corrected chi connectivity index (χ1v) is 8.31. The van der Waals surface area contributed by atoms with Crippen molar-refractivity contribution >= 4 is 51.9 Å². The molecular formula is C16H16Cl2N4S. The lowest BCUT2D eigenvalue weighted by Crippen LogP contribution is -2.57. The summed E-state index contributed by atoms with van der Waals surface area (Å²) < 4.78 is 0. The van der Waals surface area contributed by atoms with Crippen LogP contribution in [0.25, 0.3) is 0 Å². The molecule has 1 fully saturated rings. The van der Waals surface area contributed by atoms with Gasteiger partial charge < -0.3 is 20.4 Å². The number of nitrogens with zero attached hydrogens (tertiary/aromatic N) is 2. The standard InChI is InChI=1S/C16H16Cl2N4S/c17-12-3-1-5-14(7-12)19-9-22-11-21(10-20-16(22)23)15-6-2-4-13(18)8-15/h1-8,19H,9-11H2,(H,20,23). The minimum atomic E-state index is 0.587. The van der Waals surface area contributed by atoms with Crippen molar-refractivity contribution < 1.29 is 0 Å². The van der Waals surface area contributed by atoms with Crippen molar-refractivity contribution in [2.24, 2.45) is 0 Å². The van der Waals surface area contributed by atoms with Gasteiger partial charge in [-0.3, -0.25) is 0 Å². The van der Waals surface area contributed by atoms with E-state index >= 15 is 0 Å². The maximum absolute atomic E-state index is 6.07. The predicted octanol–water partition coefficient (Wildman–Crippen LogP) is 3.97. The maximum Gasteiger partial charge on any atom is 0.173 e. The van der Waals surface area contributed by atoms with Crippen molar-refractivity contribution in [3.63, 3.8) is 0 Å². The number of anilines is 2. The van der Waals surface area contributed by atoms with E-state index in [4.69, 9.17) is 35.4 Å². The summed E-state index contributed by atoms with van der Waals surface area (Å²) in [5.74, 6) is 0. The van der Waals surface area contributed by atoms with Crippen LogP contribution in [0.15, 0.2) is 48.5 Å². The first-order valence-electron chi connectivity index (χ1n) is 7.14. The van der Waals surface area contributed by atoms with Crippen molar-refractivity contribution in [1.82, 2.24) is 10.2 Å². The van der Waals surface area contributed by atoms with E-state index in [0.717, 1.165) is 21.5 Å². The first-order chi connectivity index (χ1) is 11.1. The Morgan fingerprint density at radius 2 is 1.83 bits per heavy atom. The molecule has 0 saturated carbocycles. The van der Waals surface area contributed by atoms with E-state index < -0.39 is 0 Å². The van der Waals surface area contributed by atoms with Crippen LogP contribution < -0.4 is 15.5 Å². The number of nitrogens with one attached hydrogen (secondary N) is 2. The van der Waals surface area contributed by atoms with Crippen LogP contribution in [0.1, 0.15) is 0 Å². The SMILES string of the molecule is S=C1NCN(c2cccc(Cl)c2)CN1CNc1cccc(Cl)c1. The molecule has 2 aromatic rings. The molecule has 0 unspecified atom stereocenters. The Balaban J connectivity index is 1.65. The van der Waals surface area contributed by atoms with Crippen LogP contribution in [-0.2, 0) is 0 Å². The summed E-state index contributed by atoms with van der Waals surface area (Å²) >= 11 is 17.5. The van der Waals surface area contributed by atoms with Gasteiger partial charge in [0.05, 0.1) is 20.0 Å². The highest BCUT2D eigenvalue weighted by molar-refractivity contribution is 7.80. The highest BCUT2D eigenvalue weighted by atomic mass is 35.5. The molecule has 0 bridgehead atoms. The van der Waals surface area contributed by atoms with Crippen molar-refractivity contribution in [2.75, 3.05) is 30.2 Å². The molecular weight excluding hydrogens is 351 g/mol. The van der Waals surface area contributed by atoms with Crippen molar-refractivity contribution in [2.45, 2.75) is 0 Å². The normalized spacial score (nSPS) is 14.6. The highest BCUT2D eigenvalue weighted by Crippen LogP contribution is 2.21. The number of thiocarbonyl (C=S) groups is 1. The summed E-state index contributed by atoms with van der Waals surface area (Å²) in [7, 11) is 0. The fourth-order valence-corrected chi connectivity index (χ4v) is 2.91. The third-order valence-electron chi connectivity index (χ3n) is 3.52. The zero-order valence-corrected chi connectivity index (χ0v) is 14.6. The molecule has 4 nitrogen and oxygen atoms in total. The molecule has 120 valence electrons. The van der Waals surface area contributed by atoms with E-state index in [2.05, 4.69) is 15.5 Å². The van der Waals surface area contributed by atoms with Crippen LogP contribution in [0.2, 0.25) is 10.0 Å². The molecule has 1 heterocycles. The molecule has 1 aliphatic rings. The van der Waals surface area contributed by atoms with E-state index in [-0.39, 0.29) is 0 Å². The van der Waals surface area contributed by atoms with Crippen molar-refractivity contribution in [3.8, 4) is 0 Å². The second-order valence-corrected chi connectivity index (χ2v) is 6.45. The molecule has 0 spiro atoms. The Labute approximate surface area is 151 Å². The smallest absolute Gasteiger partial charge is 0.173 e. The van der Waals surface area contributed by atoms with E-state index in [1.807, 2.05) is 53.4 Å². The van der Waals surface area contributed by atoms with E-state index in [1.165, 1.54) is 0 Å². The van der Waals surface area contributed by atoms with Gasteiger partial charge in [-0.25, -0.2) is 0 Å². The fourth-order valence-electron chi connectivity index (χ4n) is 2.35. The topological polar surface area (TPSA) is 30.5 Å². The van der Waals surface area contributed by atoms with Gasteiger partial charge in [0, 0.05) is 21.4 Å². The van der Waals surface area contributed by atoms with Gasteiger partial charge in [0.25, 0.3) is 0 Å². The number of halogens is 2. The molecule has 0 atom stereocenters. The van der Waals surface area contributed by atoms with Crippen molar-refractivity contribution in [1.29, 1.82) is 0 Å². The molecule has 23 heavy (non-hydrogen) atoms. The Morgan fingerprint density at radius 3 is 2.57 bits per heavy atom. The summed E-state index contributed by atoms with van der Waals surface area (Å²) in [4.78, 5) is 4.21. The summed E-state index contributed by atoms with van der Waals surface area (Å²) in [6, 6.07) is 15.4. The van der Waals surface area contributed by atoms with Crippen LogP contribution in [0.5, 0.6) is 0 Å². The monoisotopic (exact) mass is 366 g/mol. The van der Waals surface area contributed by atoms with Gasteiger partial charge in [-0.1, -0.05) is 35.3 Å². The van der Waals surface area contributed by atoms with Crippen molar-refractivity contribution in [3.05, 3.63) is 58.6 Å². The molecule has 0 aliphatic carbocycles. The van der Waals surface area contributed by atoms with Gasteiger partial charge in [0.1, 0.15) is 0 Å². The Morgan fingerprint density at radius 1 is 1.09 bits per heavy atom. The molecule has 1 aliphatic heterocycles. The van der Waals surface area contributed by atoms with Gasteiger partial charge >= 0.3 is 0 Å². The second-order valence-electron chi connectivity index (χ2n) is 5.19. The lowest BCUT2D eigenvalue weighted by Gasteiger charge is -2.39. The van der Waals surface area contributed by atoms with Gasteiger partial charge in [-0.05, 0) is 48.6 Å². The molecule has 2 aromatic carbocycles. The van der Waals surface area contributed by atoms with Gasteiger partial charge in [0.2, 0.25) is 0 Å². The first kappa shape index (κ1) is 16.2. The Hall–Kier alpha value is -1.69. The zero-order chi connectivity index (χ0) is 16.2. The minimum Gasteiger partial charge on any atom is -0.368 e. The molecule has 0 amide bonds. The average Bonchev–Trinajstić information content (AvgIpc) is 2.54.